The number of benzene rings is 1. The zero-order valence-corrected chi connectivity index (χ0v) is 11.2. The molecule has 6 heteroatoms. The third-order valence-corrected chi connectivity index (χ3v) is 2.70. The maximum absolute atomic E-state index is 5.77. The minimum atomic E-state index is 0.597. The predicted molar refractivity (Wildman–Crippen MR) is 77.9 cm³/mol. The summed E-state index contributed by atoms with van der Waals surface area (Å²) < 4.78 is 1.76. The van der Waals surface area contributed by atoms with Crippen molar-refractivity contribution in [3.05, 3.63) is 47.7 Å². The van der Waals surface area contributed by atoms with Crippen molar-refractivity contribution >= 4 is 34.6 Å². The minimum Gasteiger partial charge on any atom is -0.361 e. The smallest absolute Gasteiger partial charge is 0.170 e. The zero-order valence-electron chi connectivity index (χ0n) is 9.64. The van der Waals surface area contributed by atoms with Gasteiger partial charge < -0.3 is 10.6 Å². The largest absolute Gasteiger partial charge is 0.361 e. The number of hydrogen-bond acceptors (Lipinski definition) is 2. The Morgan fingerprint density at radius 3 is 2.78 bits per heavy atom. The molecule has 0 saturated carbocycles. The maximum atomic E-state index is 5.77. The Bertz CT molecular complexity index is 512. The van der Waals surface area contributed by atoms with Gasteiger partial charge in [0.2, 0.25) is 0 Å². The Morgan fingerprint density at radius 2 is 2.11 bits per heavy atom. The number of nitrogens with one attached hydrogen (secondary N) is 2. The van der Waals surface area contributed by atoms with Crippen molar-refractivity contribution in [1.29, 1.82) is 0 Å². The normalized spacial score (nSPS) is 10.1. The van der Waals surface area contributed by atoms with Crippen LogP contribution in [0.25, 0.3) is 0 Å². The van der Waals surface area contributed by atoms with E-state index in [0.717, 1.165) is 5.69 Å². The molecule has 2 N–H and O–H groups in total. The van der Waals surface area contributed by atoms with E-state index in [9.17, 15) is 0 Å². The molecule has 0 amide bonds. The lowest BCUT2D eigenvalue weighted by atomic mass is 10.3. The van der Waals surface area contributed by atoms with Crippen LogP contribution in [0, 0.1) is 0 Å². The van der Waals surface area contributed by atoms with Crippen molar-refractivity contribution < 1.29 is 0 Å². The van der Waals surface area contributed by atoms with Crippen LogP contribution >= 0.6 is 23.8 Å². The second-order valence-electron chi connectivity index (χ2n) is 3.67. The number of para-hydroxylation sites is 1. The van der Waals surface area contributed by atoms with Gasteiger partial charge in [0, 0.05) is 18.4 Å². The molecule has 0 atom stereocenters. The number of anilines is 1. The number of aromatic nitrogens is 2. The summed E-state index contributed by atoms with van der Waals surface area (Å²) in [5, 5.41) is 11.5. The fourth-order valence-corrected chi connectivity index (χ4v) is 1.82. The summed E-state index contributed by atoms with van der Waals surface area (Å²) in [6.07, 6.45) is 3.39. The van der Waals surface area contributed by atoms with E-state index in [2.05, 4.69) is 15.7 Å². The van der Waals surface area contributed by atoms with Gasteiger partial charge in [-0.3, -0.25) is 4.68 Å². The Morgan fingerprint density at radius 1 is 1.33 bits per heavy atom. The summed E-state index contributed by atoms with van der Waals surface area (Å²) in [5.41, 5.74) is 0.970. The van der Waals surface area contributed by atoms with Crippen LogP contribution in [0.1, 0.15) is 0 Å². The molecular formula is C12H13ClN4S. The molecule has 1 aromatic carbocycles. The lowest BCUT2D eigenvalue weighted by Gasteiger charge is -2.10. The molecule has 0 spiro atoms. The fraction of sp³-hybridized carbons (Fsp3) is 0.167. The second kappa shape index (κ2) is 6.37. The van der Waals surface area contributed by atoms with E-state index in [1.807, 2.05) is 30.3 Å². The van der Waals surface area contributed by atoms with E-state index in [0.29, 0.717) is 23.2 Å². The number of halogens is 1. The highest BCUT2D eigenvalue weighted by molar-refractivity contribution is 7.80. The van der Waals surface area contributed by atoms with Gasteiger partial charge in [0.15, 0.2) is 5.11 Å². The summed E-state index contributed by atoms with van der Waals surface area (Å²) in [6.45, 7) is 1.40. The van der Waals surface area contributed by atoms with Crippen LogP contribution in [-0.2, 0) is 6.54 Å². The molecule has 0 saturated heterocycles. The second-order valence-corrected chi connectivity index (χ2v) is 4.51. The van der Waals surface area contributed by atoms with Gasteiger partial charge in [-0.1, -0.05) is 29.8 Å². The lowest BCUT2D eigenvalue weighted by Crippen LogP contribution is -2.31. The molecule has 0 bridgehead atoms. The third-order valence-electron chi connectivity index (χ3n) is 2.26. The van der Waals surface area contributed by atoms with Gasteiger partial charge in [0.25, 0.3) is 0 Å². The predicted octanol–water partition coefficient (Wildman–Crippen LogP) is 2.52. The first kappa shape index (κ1) is 12.9. The Balaban J connectivity index is 1.72. The number of hydrogen-bond donors (Lipinski definition) is 2. The van der Waals surface area contributed by atoms with E-state index in [1.165, 1.54) is 0 Å². The monoisotopic (exact) mass is 280 g/mol. The molecule has 0 radical (unpaired) electrons. The highest BCUT2D eigenvalue weighted by Gasteiger charge is 1.98. The molecule has 1 heterocycles. The summed E-state index contributed by atoms with van der Waals surface area (Å²) in [4.78, 5) is 0. The summed E-state index contributed by atoms with van der Waals surface area (Å²) in [6, 6.07) is 9.79. The summed E-state index contributed by atoms with van der Waals surface area (Å²) in [5.74, 6) is 0. The highest BCUT2D eigenvalue weighted by Crippen LogP contribution is 2.05. The quantitative estimate of drug-likeness (QED) is 0.845. The van der Waals surface area contributed by atoms with Crippen LogP contribution in [0.4, 0.5) is 5.69 Å². The molecule has 4 nitrogen and oxygen atoms in total. The molecule has 0 fully saturated rings. The average Bonchev–Trinajstić information content (AvgIpc) is 2.76. The van der Waals surface area contributed by atoms with E-state index >= 15 is 0 Å². The van der Waals surface area contributed by atoms with Gasteiger partial charge in [0.1, 0.15) is 0 Å². The Labute approximate surface area is 116 Å². The van der Waals surface area contributed by atoms with Crippen molar-refractivity contribution in [3.8, 4) is 0 Å². The van der Waals surface area contributed by atoms with Gasteiger partial charge in [-0.25, -0.2) is 0 Å². The lowest BCUT2D eigenvalue weighted by molar-refractivity contribution is 0.604. The topological polar surface area (TPSA) is 41.9 Å². The van der Waals surface area contributed by atoms with Gasteiger partial charge in [-0.05, 0) is 24.4 Å². The van der Waals surface area contributed by atoms with Crippen molar-refractivity contribution in [2.75, 3.05) is 11.9 Å². The first-order valence-corrected chi connectivity index (χ1v) is 6.30. The Hall–Kier alpha value is -1.59. The fourth-order valence-electron chi connectivity index (χ4n) is 1.44. The van der Waals surface area contributed by atoms with Crippen LogP contribution in [0.15, 0.2) is 42.7 Å². The SMILES string of the molecule is S=C(NCCn1cc(Cl)cn1)Nc1ccccc1. The number of rotatable bonds is 4. The first-order chi connectivity index (χ1) is 8.74. The molecule has 0 aliphatic rings. The Kier molecular flexibility index (Phi) is 4.55. The van der Waals surface area contributed by atoms with Crippen LogP contribution in [-0.4, -0.2) is 21.4 Å². The van der Waals surface area contributed by atoms with Crippen molar-refractivity contribution in [2.45, 2.75) is 6.54 Å². The number of nitrogens with zero attached hydrogens (tertiary/aromatic N) is 2. The summed E-state index contributed by atoms with van der Waals surface area (Å²) >= 11 is 10.9. The van der Waals surface area contributed by atoms with Crippen molar-refractivity contribution in [3.63, 3.8) is 0 Å². The van der Waals surface area contributed by atoms with Crippen molar-refractivity contribution in [1.82, 2.24) is 15.1 Å². The minimum absolute atomic E-state index is 0.597. The molecule has 0 aliphatic heterocycles. The van der Waals surface area contributed by atoms with Gasteiger partial charge in [0.05, 0.1) is 17.8 Å². The molecule has 0 unspecified atom stereocenters. The van der Waals surface area contributed by atoms with Crippen LogP contribution < -0.4 is 10.6 Å². The van der Waals surface area contributed by atoms with Crippen LogP contribution in [0.2, 0.25) is 5.02 Å². The van der Waals surface area contributed by atoms with Gasteiger partial charge in [-0.15, -0.1) is 0 Å². The molecule has 1 aromatic heterocycles. The third kappa shape index (κ3) is 4.01. The summed E-state index contributed by atoms with van der Waals surface area (Å²) in [7, 11) is 0. The van der Waals surface area contributed by atoms with E-state index < -0.39 is 0 Å². The maximum Gasteiger partial charge on any atom is 0.170 e. The highest BCUT2D eigenvalue weighted by atomic mass is 35.5. The van der Waals surface area contributed by atoms with Crippen LogP contribution in [0.5, 0.6) is 0 Å². The zero-order chi connectivity index (χ0) is 12.8. The van der Waals surface area contributed by atoms with Gasteiger partial charge in [-0.2, -0.15) is 5.10 Å². The molecule has 18 heavy (non-hydrogen) atoms. The standard InChI is InChI=1S/C12H13ClN4S/c13-10-8-15-17(9-10)7-6-14-12(18)16-11-4-2-1-3-5-11/h1-5,8-9H,6-7H2,(H2,14,16,18). The molecule has 94 valence electrons. The van der Waals surface area contributed by atoms with Gasteiger partial charge >= 0.3 is 0 Å². The van der Waals surface area contributed by atoms with E-state index in [-0.39, 0.29) is 0 Å². The average molecular weight is 281 g/mol. The van der Waals surface area contributed by atoms with E-state index in [4.69, 9.17) is 23.8 Å². The van der Waals surface area contributed by atoms with E-state index in [1.54, 1.807) is 17.1 Å². The molecule has 2 aromatic rings. The van der Waals surface area contributed by atoms with Crippen molar-refractivity contribution in [2.24, 2.45) is 0 Å². The number of thiocarbonyl (C=S) groups is 1. The van der Waals surface area contributed by atoms with Crippen LogP contribution in [0.3, 0.4) is 0 Å². The molecule has 0 aliphatic carbocycles. The molecular weight excluding hydrogens is 268 g/mol. The molecule has 2 rings (SSSR count). The first-order valence-electron chi connectivity index (χ1n) is 5.52.